The van der Waals surface area contributed by atoms with Gasteiger partial charge in [-0.15, -0.1) is 0 Å². The Balaban J connectivity index is 2.06. The third-order valence-corrected chi connectivity index (χ3v) is 5.66. The second-order valence-electron chi connectivity index (χ2n) is 5.46. The average Bonchev–Trinajstić information content (AvgIpc) is 2.79. The molecule has 0 saturated carbocycles. The maximum atomic E-state index is 12.3. The van der Waals surface area contributed by atoms with Crippen LogP contribution in [0.5, 0.6) is 0 Å². The number of likely N-dealkylation sites (tertiary alicyclic amines) is 1. The molecule has 1 N–H and O–H groups in total. The Kier molecular flexibility index (Phi) is 4.65. The monoisotopic (exact) mass is 312 g/mol. The zero-order valence-electron chi connectivity index (χ0n) is 12.1. The van der Waals surface area contributed by atoms with Crippen molar-refractivity contribution in [2.45, 2.75) is 6.10 Å². The first-order valence-electron chi connectivity index (χ1n) is 6.74. The fourth-order valence-electron chi connectivity index (χ4n) is 2.37. The van der Waals surface area contributed by atoms with Crippen LogP contribution >= 0.6 is 0 Å². The standard InChI is InChI=1S/C14H20N2O4S/c1-15(2)21(19,20)10-12-8-16(9-13(12)17)14(18)11-6-4-3-5-7-11/h3-7,12-13,17H,8-10H2,1-2H3. The van der Waals surface area contributed by atoms with Crippen LogP contribution in [0.2, 0.25) is 0 Å². The van der Waals surface area contributed by atoms with Crippen LogP contribution in [-0.2, 0) is 10.0 Å². The molecule has 0 aliphatic carbocycles. The summed E-state index contributed by atoms with van der Waals surface area (Å²) in [6.07, 6.45) is -0.813. The van der Waals surface area contributed by atoms with Crippen LogP contribution in [0, 0.1) is 5.92 Å². The fraction of sp³-hybridized carbons (Fsp3) is 0.500. The molecule has 6 nitrogen and oxygen atoms in total. The number of nitrogens with zero attached hydrogens (tertiary/aromatic N) is 2. The third kappa shape index (κ3) is 3.61. The number of rotatable bonds is 4. The lowest BCUT2D eigenvalue weighted by molar-refractivity contribution is 0.0764. The van der Waals surface area contributed by atoms with E-state index in [0.29, 0.717) is 5.56 Å². The number of hydrogen-bond acceptors (Lipinski definition) is 4. The van der Waals surface area contributed by atoms with E-state index in [4.69, 9.17) is 0 Å². The minimum Gasteiger partial charge on any atom is -0.391 e. The molecule has 1 aliphatic rings. The molecule has 1 heterocycles. The number of hydrogen-bond donors (Lipinski definition) is 1. The number of β-amino-alcohol motifs (C(OH)–C–C–N with tert-alkyl or cyclic N) is 1. The van der Waals surface area contributed by atoms with Crippen molar-refractivity contribution >= 4 is 15.9 Å². The highest BCUT2D eigenvalue weighted by atomic mass is 32.2. The number of amides is 1. The van der Waals surface area contributed by atoms with Gasteiger partial charge in [0.1, 0.15) is 0 Å². The molecule has 2 unspecified atom stereocenters. The number of aliphatic hydroxyl groups is 1. The van der Waals surface area contributed by atoms with Crippen molar-refractivity contribution in [2.24, 2.45) is 5.92 Å². The van der Waals surface area contributed by atoms with Crippen LogP contribution in [0.25, 0.3) is 0 Å². The maximum absolute atomic E-state index is 12.3. The quantitative estimate of drug-likeness (QED) is 0.849. The summed E-state index contributed by atoms with van der Waals surface area (Å²) in [7, 11) is -0.469. The molecule has 1 aromatic rings. The SMILES string of the molecule is CN(C)S(=O)(=O)CC1CN(C(=O)c2ccccc2)CC1O. The van der Waals surface area contributed by atoms with E-state index in [-0.39, 0.29) is 24.7 Å². The lowest BCUT2D eigenvalue weighted by atomic mass is 10.1. The molecular formula is C14H20N2O4S. The van der Waals surface area contributed by atoms with Crippen LogP contribution < -0.4 is 0 Å². The van der Waals surface area contributed by atoms with Crippen LogP contribution in [0.4, 0.5) is 0 Å². The van der Waals surface area contributed by atoms with Gasteiger partial charge in [0.05, 0.1) is 11.9 Å². The molecule has 116 valence electrons. The van der Waals surface area contributed by atoms with Gasteiger partial charge in [-0.25, -0.2) is 12.7 Å². The topological polar surface area (TPSA) is 77.9 Å². The van der Waals surface area contributed by atoms with E-state index in [1.165, 1.54) is 19.0 Å². The first kappa shape index (κ1) is 15.9. The molecule has 21 heavy (non-hydrogen) atoms. The van der Waals surface area contributed by atoms with Gasteiger partial charge in [-0.05, 0) is 12.1 Å². The van der Waals surface area contributed by atoms with Crippen molar-refractivity contribution < 1.29 is 18.3 Å². The minimum atomic E-state index is -3.39. The first-order valence-corrected chi connectivity index (χ1v) is 8.35. The van der Waals surface area contributed by atoms with E-state index >= 15 is 0 Å². The number of sulfonamides is 1. The van der Waals surface area contributed by atoms with Crippen LogP contribution in [0.3, 0.4) is 0 Å². The van der Waals surface area contributed by atoms with Gasteiger partial charge in [-0.1, -0.05) is 18.2 Å². The summed E-state index contributed by atoms with van der Waals surface area (Å²) in [6.45, 7) is 0.420. The van der Waals surface area contributed by atoms with E-state index < -0.39 is 22.0 Å². The summed E-state index contributed by atoms with van der Waals surface area (Å²) in [5, 5.41) is 10.0. The Bertz CT molecular complexity index is 601. The van der Waals surface area contributed by atoms with E-state index in [2.05, 4.69) is 0 Å². The van der Waals surface area contributed by atoms with Crippen LogP contribution in [-0.4, -0.2) is 67.7 Å². The number of carbonyl (C=O) groups excluding carboxylic acids is 1. The molecule has 0 radical (unpaired) electrons. The maximum Gasteiger partial charge on any atom is 0.253 e. The van der Waals surface area contributed by atoms with Crippen LogP contribution in [0.1, 0.15) is 10.4 Å². The van der Waals surface area contributed by atoms with Gasteiger partial charge < -0.3 is 10.0 Å². The van der Waals surface area contributed by atoms with Gasteiger partial charge in [0.25, 0.3) is 5.91 Å². The predicted octanol–water partition coefficient (Wildman–Crippen LogP) is 0.0109. The Labute approximate surface area is 125 Å². The van der Waals surface area contributed by atoms with E-state index in [9.17, 15) is 18.3 Å². The molecule has 1 fully saturated rings. The molecule has 0 bridgehead atoms. The van der Waals surface area contributed by atoms with Crippen molar-refractivity contribution in [2.75, 3.05) is 32.9 Å². The van der Waals surface area contributed by atoms with Gasteiger partial charge in [0.15, 0.2) is 0 Å². The van der Waals surface area contributed by atoms with Crippen molar-refractivity contribution in [3.05, 3.63) is 35.9 Å². The highest BCUT2D eigenvalue weighted by molar-refractivity contribution is 7.89. The second-order valence-corrected chi connectivity index (χ2v) is 7.69. The summed E-state index contributed by atoms with van der Waals surface area (Å²) in [6, 6.07) is 8.78. The number of carbonyl (C=O) groups is 1. The minimum absolute atomic E-state index is 0.153. The molecular weight excluding hydrogens is 292 g/mol. The summed E-state index contributed by atoms with van der Waals surface area (Å²) in [5.74, 6) is -0.788. The smallest absolute Gasteiger partial charge is 0.253 e. The summed E-state index contributed by atoms with van der Waals surface area (Å²) in [5.41, 5.74) is 0.542. The fourth-order valence-corrected chi connectivity index (χ4v) is 3.53. The van der Waals surface area contributed by atoms with Gasteiger partial charge in [-0.3, -0.25) is 4.79 Å². The Morgan fingerprint density at radius 1 is 1.29 bits per heavy atom. The summed E-state index contributed by atoms with van der Waals surface area (Å²) >= 11 is 0. The zero-order chi connectivity index (χ0) is 15.6. The van der Waals surface area contributed by atoms with Gasteiger partial charge in [0, 0.05) is 38.7 Å². The van der Waals surface area contributed by atoms with Gasteiger partial charge in [-0.2, -0.15) is 0 Å². The molecule has 1 amide bonds. The molecule has 0 spiro atoms. The summed E-state index contributed by atoms with van der Waals surface area (Å²) < 4.78 is 24.9. The molecule has 1 aromatic carbocycles. The first-order chi connectivity index (χ1) is 9.81. The van der Waals surface area contributed by atoms with Gasteiger partial charge >= 0.3 is 0 Å². The third-order valence-electron chi connectivity index (χ3n) is 3.70. The normalized spacial score (nSPS) is 22.8. The predicted molar refractivity (Wildman–Crippen MR) is 79.3 cm³/mol. The summed E-state index contributed by atoms with van der Waals surface area (Å²) in [4.78, 5) is 13.8. The Morgan fingerprint density at radius 3 is 2.48 bits per heavy atom. The molecule has 1 aliphatic heterocycles. The lowest BCUT2D eigenvalue weighted by Crippen LogP contribution is -2.33. The van der Waals surface area contributed by atoms with E-state index in [1.807, 2.05) is 6.07 Å². The molecule has 2 rings (SSSR count). The van der Waals surface area contributed by atoms with E-state index in [0.717, 1.165) is 4.31 Å². The Hall–Kier alpha value is -1.44. The largest absolute Gasteiger partial charge is 0.391 e. The highest BCUT2D eigenvalue weighted by Gasteiger charge is 2.37. The van der Waals surface area contributed by atoms with Crippen LogP contribution in [0.15, 0.2) is 30.3 Å². The Morgan fingerprint density at radius 2 is 1.90 bits per heavy atom. The van der Waals surface area contributed by atoms with Crippen molar-refractivity contribution in [1.29, 1.82) is 0 Å². The van der Waals surface area contributed by atoms with E-state index in [1.54, 1.807) is 24.3 Å². The molecule has 7 heteroatoms. The second kappa shape index (κ2) is 6.13. The molecule has 2 atom stereocenters. The van der Waals surface area contributed by atoms with Crippen molar-refractivity contribution in [1.82, 2.24) is 9.21 Å². The lowest BCUT2D eigenvalue weighted by Gasteiger charge is -2.18. The highest BCUT2D eigenvalue weighted by Crippen LogP contribution is 2.21. The molecule has 1 saturated heterocycles. The van der Waals surface area contributed by atoms with Gasteiger partial charge in [0.2, 0.25) is 10.0 Å². The zero-order valence-corrected chi connectivity index (χ0v) is 13.0. The van der Waals surface area contributed by atoms with Crippen molar-refractivity contribution in [3.8, 4) is 0 Å². The molecule has 0 aromatic heterocycles. The average molecular weight is 312 g/mol. The number of aliphatic hydroxyl groups excluding tert-OH is 1. The number of benzene rings is 1. The van der Waals surface area contributed by atoms with Crippen molar-refractivity contribution in [3.63, 3.8) is 0 Å².